The highest BCUT2D eigenvalue weighted by atomic mass is 16.3. The monoisotopic (exact) mass is 193 g/mol. The number of hydrogen-bond acceptors (Lipinski definition) is 3. The average Bonchev–Trinajstić information content (AvgIpc) is 2.26. The third-order valence-corrected chi connectivity index (χ3v) is 2.06. The minimum atomic E-state index is -0.319. The Labute approximate surface area is 83.8 Å². The van der Waals surface area contributed by atoms with E-state index in [1.54, 1.807) is 12.1 Å². The minimum Gasteiger partial charge on any atom is -0.391 e. The molecule has 0 aliphatic rings. The van der Waals surface area contributed by atoms with E-state index in [1.807, 2.05) is 19.1 Å². The molecule has 3 nitrogen and oxygen atoms in total. The molecule has 1 atom stereocenters. The second-order valence-corrected chi connectivity index (χ2v) is 3.18. The lowest BCUT2D eigenvalue weighted by molar-refractivity contribution is 0.112. The Kier molecular flexibility index (Phi) is 4.13. The van der Waals surface area contributed by atoms with Gasteiger partial charge in [-0.1, -0.05) is 6.92 Å². The van der Waals surface area contributed by atoms with Crippen LogP contribution in [0, 0.1) is 0 Å². The van der Waals surface area contributed by atoms with E-state index in [0.29, 0.717) is 12.1 Å². The number of nitrogens with one attached hydrogen (secondary N) is 1. The molecule has 2 N–H and O–H groups in total. The standard InChI is InChI=1S/C11H15NO2/c1-2-11(14)7-12-10-5-3-9(8-13)4-6-10/h3-6,8,11-12,14H,2,7H2,1H3. The summed E-state index contributed by atoms with van der Waals surface area (Å²) in [5.74, 6) is 0. The summed E-state index contributed by atoms with van der Waals surface area (Å²) < 4.78 is 0. The first kappa shape index (κ1) is 10.7. The smallest absolute Gasteiger partial charge is 0.150 e. The van der Waals surface area contributed by atoms with Crippen LogP contribution < -0.4 is 5.32 Å². The van der Waals surface area contributed by atoms with E-state index in [2.05, 4.69) is 5.32 Å². The van der Waals surface area contributed by atoms with E-state index in [0.717, 1.165) is 18.4 Å². The van der Waals surface area contributed by atoms with Crippen LogP contribution in [0.25, 0.3) is 0 Å². The first-order valence-electron chi connectivity index (χ1n) is 4.73. The Morgan fingerprint density at radius 3 is 2.57 bits per heavy atom. The Morgan fingerprint density at radius 2 is 2.07 bits per heavy atom. The zero-order chi connectivity index (χ0) is 10.4. The third kappa shape index (κ3) is 3.18. The second kappa shape index (κ2) is 5.40. The van der Waals surface area contributed by atoms with Gasteiger partial charge in [0.2, 0.25) is 0 Å². The summed E-state index contributed by atoms with van der Waals surface area (Å²) in [5.41, 5.74) is 1.58. The second-order valence-electron chi connectivity index (χ2n) is 3.18. The summed E-state index contributed by atoms with van der Waals surface area (Å²) in [7, 11) is 0. The molecule has 76 valence electrons. The summed E-state index contributed by atoms with van der Waals surface area (Å²) >= 11 is 0. The van der Waals surface area contributed by atoms with Crippen LogP contribution in [0.1, 0.15) is 23.7 Å². The van der Waals surface area contributed by atoms with Crippen molar-refractivity contribution < 1.29 is 9.90 Å². The van der Waals surface area contributed by atoms with Gasteiger partial charge in [-0.3, -0.25) is 4.79 Å². The van der Waals surface area contributed by atoms with Crippen molar-refractivity contribution in [1.29, 1.82) is 0 Å². The maximum Gasteiger partial charge on any atom is 0.150 e. The molecule has 0 saturated heterocycles. The molecule has 0 spiro atoms. The fourth-order valence-corrected chi connectivity index (χ4v) is 1.06. The van der Waals surface area contributed by atoms with Gasteiger partial charge in [-0.25, -0.2) is 0 Å². The first-order valence-corrected chi connectivity index (χ1v) is 4.73. The lowest BCUT2D eigenvalue weighted by Crippen LogP contribution is -2.18. The van der Waals surface area contributed by atoms with Crippen molar-refractivity contribution in [2.75, 3.05) is 11.9 Å². The number of carbonyl (C=O) groups is 1. The van der Waals surface area contributed by atoms with Gasteiger partial charge in [-0.05, 0) is 30.7 Å². The van der Waals surface area contributed by atoms with Gasteiger partial charge < -0.3 is 10.4 Å². The number of benzene rings is 1. The first-order chi connectivity index (χ1) is 6.76. The zero-order valence-electron chi connectivity index (χ0n) is 8.23. The van der Waals surface area contributed by atoms with Crippen LogP contribution in [-0.4, -0.2) is 24.0 Å². The Morgan fingerprint density at radius 1 is 1.43 bits per heavy atom. The van der Waals surface area contributed by atoms with E-state index < -0.39 is 0 Å². The van der Waals surface area contributed by atoms with Gasteiger partial charge in [0.15, 0.2) is 0 Å². The van der Waals surface area contributed by atoms with Crippen LogP contribution in [0.5, 0.6) is 0 Å². The maximum absolute atomic E-state index is 10.4. The topological polar surface area (TPSA) is 49.3 Å². The number of aliphatic hydroxyl groups excluding tert-OH is 1. The van der Waals surface area contributed by atoms with E-state index in [9.17, 15) is 9.90 Å². The average molecular weight is 193 g/mol. The SMILES string of the molecule is CCC(O)CNc1ccc(C=O)cc1. The summed E-state index contributed by atoms with van der Waals surface area (Å²) in [4.78, 5) is 10.4. The van der Waals surface area contributed by atoms with Crippen LogP contribution in [0.2, 0.25) is 0 Å². The highest BCUT2D eigenvalue weighted by Gasteiger charge is 1.99. The molecule has 1 unspecified atom stereocenters. The van der Waals surface area contributed by atoms with Gasteiger partial charge in [0, 0.05) is 17.8 Å². The molecule has 0 amide bonds. The van der Waals surface area contributed by atoms with Gasteiger partial charge in [0.25, 0.3) is 0 Å². The number of rotatable bonds is 5. The fourth-order valence-electron chi connectivity index (χ4n) is 1.06. The Balaban J connectivity index is 2.47. The normalized spacial score (nSPS) is 12.1. The van der Waals surface area contributed by atoms with E-state index in [4.69, 9.17) is 0 Å². The Hall–Kier alpha value is -1.35. The third-order valence-electron chi connectivity index (χ3n) is 2.06. The predicted molar refractivity (Wildman–Crippen MR) is 56.6 cm³/mol. The lowest BCUT2D eigenvalue weighted by atomic mass is 10.2. The van der Waals surface area contributed by atoms with Crippen molar-refractivity contribution >= 4 is 12.0 Å². The molecule has 3 heteroatoms. The van der Waals surface area contributed by atoms with Gasteiger partial charge in [-0.15, -0.1) is 0 Å². The van der Waals surface area contributed by atoms with E-state index >= 15 is 0 Å². The molecular weight excluding hydrogens is 178 g/mol. The molecule has 0 heterocycles. The maximum atomic E-state index is 10.4. The molecule has 0 saturated carbocycles. The van der Waals surface area contributed by atoms with Gasteiger partial charge in [0.05, 0.1) is 6.10 Å². The van der Waals surface area contributed by atoms with Crippen molar-refractivity contribution in [1.82, 2.24) is 0 Å². The Bertz CT molecular complexity index is 282. The number of aliphatic hydroxyl groups is 1. The fraction of sp³-hybridized carbons (Fsp3) is 0.364. The van der Waals surface area contributed by atoms with Gasteiger partial charge >= 0.3 is 0 Å². The summed E-state index contributed by atoms with van der Waals surface area (Å²) in [6.07, 6.45) is 1.23. The van der Waals surface area contributed by atoms with Crippen LogP contribution in [0.4, 0.5) is 5.69 Å². The van der Waals surface area contributed by atoms with Crippen LogP contribution >= 0.6 is 0 Å². The molecule has 0 radical (unpaired) electrons. The van der Waals surface area contributed by atoms with Gasteiger partial charge in [-0.2, -0.15) is 0 Å². The van der Waals surface area contributed by atoms with Crippen LogP contribution in [-0.2, 0) is 0 Å². The molecule has 14 heavy (non-hydrogen) atoms. The summed E-state index contributed by atoms with van der Waals surface area (Å²) in [6, 6.07) is 7.14. The van der Waals surface area contributed by atoms with Crippen LogP contribution in [0.3, 0.4) is 0 Å². The molecule has 0 aliphatic heterocycles. The van der Waals surface area contributed by atoms with Crippen molar-refractivity contribution in [3.8, 4) is 0 Å². The highest BCUT2D eigenvalue weighted by molar-refractivity contribution is 5.75. The predicted octanol–water partition coefficient (Wildman–Crippen LogP) is 1.68. The molecule has 1 rings (SSSR count). The van der Waals surface area contributed by atoms with E-state index in [1.165, 1.54) is 0 Å². The highest BCUT2D eigenvalue weighted by Crippen LogP contribution is 2.08. The van der Waals surface area contributed by atoms with E-state index in [-0.39, 0.29) is 6.10 Å². The van der Waals surface area contributed by atoms with Crippen LogP contribution in [0.15, 0.2) is 24.3 Å². The van der Waals surface area contributed by atoms with Crippen molar-refractivity contribution in [2.24, 2.45) is 0 Å². The molecular formula is C11H15NO2. The number of carbonyl (C=O) groups excluding carboxylic acids is 1. The molecule has 0 bridgehead atoms. The number of anilines is 1. The largest absolute Gasteiger partial charge is 0.391 e. The number of hydrogen-bond donors (Lipinski definition) is 2. The van der Waals surface area contributed by atoms with Crippen molar-refractivity contribution in [2.45, 2.75) is 19.4 Å². The molecule has 0 fully saturated rings. The summed E-state index contributed by atoms with van der Waals surface area (Å²) in [6.45, 7) is 2.47. The quantitative estimate of drug-likeness (QED) is 0.699. The number of aldehydes is 1. The minimum absolute atomic E-state index is 0.319. The molecule has 1 aromatic carbocycles. The molecule has 0 aliphatic carbocycles. The zero-order valence-corrected chi connectivity index (χ0v) is 8.23. The van der Waals surface area contributed by atoms with Gasteiger partial charge in [0.1, 0.15) is 6.29 Å². The lowest BCUT2D eigenvalue weighted by Gasteiger charge is -2.10. The van der Waals surface area contributed by atoms with Crippen molar-refractivity contribution in [3.63, 3.8) is 0 Å². The molecule has 0 aromatic heterocycles. The summed E-state index contributed by atoms with van der Waals surface area (Å²) in [5, 5.41) is 12.4. The van der Waals surface area contributed by atoms with Crippen molar-refractivity contribution in [3.05, 3.63) is 29.8 Å². The molecule has 1 aromatic rings.